The van der Waals surface area contributed by atoms with E-state index in [9.17, 15) is 14.4 Å². The van der Waals surface area contributed by atoms with Crippen molar-refractivity contribution in [3.05, 3.63) is 29.8 Å². The fraction of sp³-hybridized carbons (Fsp3) is 0.438. The molecule has 124 valence electrons. The van der Waals surface area contributed by atoms with E-state index in [2.05, 4.69) is 5.32 Å². The van der Waals surface area contributed by atoms with Crippen LogP contribution in [0.4, 0.5) is 5.69 Å². The number of nitrogens with zero attached hydrogens (tertiary/aromatic N) is 1. The Morgan fingerprint density at radius 2 is 2.00 bits per heavy atom. The highest BCUT2D eigenvalue weighted by Gasteiger charge is 2.21. The lowest BCUT2D eigenvalue weighted by Gasteiger charge is -2.15. The van der Waals surface area contributed by atoms with Crippen LogP contribution < -0.4 is 10.2 Å². The Morgan fingerprint density at radius 1 is 1.26 bits per heavy atom. The smallest absolute Gasteiger partial charge is 0.338 e. The van der Waals surface area contributed by atoms with Crippen molar-refractivity contribution in [1.82, 2.24) is 5.32 Å². The molecule has 1 aromatic rings. The second kappa shape index (κ2) is 8.28. The monoisotopic (exact) mass is 320 g/mol. The zero-order valence-electron chi connectivity index (χ0n) is 13.0. The number of ether oxygens (including phenoxy) is 2. The Morgan fingerprint density at radius 3 is 2.61 bits per heavy atom. The summed E-state index contributed by atoms with van der Waals surface area (Å²) in [6.45, 7) is 1.13. The molecule has 1 aromatic carbocycles. The quantitative estimate of drug-likeness (QED) is 0.591. The molecule has 23 heavy (non-hydrogen) atoms. The van der Waals surface area contributed by atoms with Crippen LogP contribution in [0.3, 0.4) is 0 Å². The third-order valence-corrected chi connectivity index (χ3v) is 3.45. The maximum atomic E-state index is 11.9. The van der Waals surface area contributed by atoms with Crippen LogP contribution in [0, 0.1) is 0 Å². The van der Waals surface area contributed by atoms with Gasteiger partial charge in [-0.25, -0.2) is 4.79 Å². The average molecular weight is 320 g/mol. The first kappa shape index (κ1) is 17.0. The third-order valence-electron chi connectivity index (χ3n) is 3.45. The van der Waals surface area contributed by atoms with Gasteiger partial charge in [-0.15, -0.1) is 0 Å². The van der Waals surface area contributed by atoms with Crippen LogP contribution in [-0.2, 0) is 19.1 Å². The number of hydrogen-bond donors (Lipinski definition) is 1. The molecule has 0 aliphatic carbocycles. The van der Waals surface area contributed by atoms with E-state index in [0.717, 1.165) is 12.1 Å². The number of carbonyl (C=O) groups is 3. The molecule has 0 saturated carbocycles. The number of esters is 1. The molecule has 1 saturated heterocycles. The number of hydrogen-bond acceptors (Lipinski definition) is 5. The van der Waals surface area contributed by atoms with Gasteiger partial charge in [0.25, 0.3) is 5.91 Å². The molecular formula is C16H20N2O5. The Labute approximate surface area is 134 Å². The summed E-state index contributed by atoms with van der Waals surface area (Å²) in [5.74, 6) is -0.867. The van der Waals surface area contributed by atoms with E-state index in [-0.39, 0.29) is 18.4 Å². The molecule has 1 fully saturated rings. The molecule has 2 rings (SSSR count). The molecule has 1 aliphatic rings. The Bertz CT molecular complexity index is 570. The Kier molecular flexibility index (Phi) is 6.10. The first-order chi connectivity index (χ1) is 11.1. The highest BCUT2D eigenvalue weighted by atomic mass is 16.5. The highest BCUT2D eigenvalue weighted by Crippen LogP contribution is 2.21. The molecule has 0 unspecified atom stereocenters. The molecule has 2 amide bonds. The van der Waals surface area contributed by atoms with Crippen LogP contribution in [0.15, 0.2) is 24.3 Å². The maximum Gasteiger partial charge on any atom is 0.338 e. The average Bonchev–Trinajstić information content (AvgIpc) is 2.99. The summed E-state index contributed by atoms with van der Waals surface area (Å²) in [5.41, 5.74) is 1.10. The van der Waals surface area contributed by atoms with Gasteiger partial charge in [-0.2, -0.15) is 0 Å². The Balaban J connectivity index is 1.83. The highest BCUT2D eigenvalue weighted by molar-refractivity contribution is 5.96. The van der Waals surface area contributed by atoms with E-state index in [4.69, 9.17) is 9.47 Å². The van der Waals surface area contributed by atoms with Crippen molar-refractivity contribution in [2.24, 2.45) is 0 Å². The fourth-order valence-corrected chi connectivity index (χ4v) is 2.26. The van der Waals surface area contributed by atoms with Gasteiger partial charge in [-0.05, 0) is 30.7 Å². The standard InChI is InChI=1S/C16H20N2O5/c1-22-10-8-17-14(19)11-23-16(21)12-4-6-13(7-5-12)18-9-2-3-15(18)20/h4-7H,2-3,8-11H2,1H3,(H,17,19). The van der Waals surface area contributed by atoms with Crippen molar-refractivity contribution in [1.29, 1.82) is 0 Å². The van der Waals surface area contributed by atoms with Crippen LogP contribution in [0.2, 0.25) is 0 Å². The molecule has 0 spiro atoms. The lowest BCUT2D eigenvalue weighted by Crippen LogP contribution is -2.31. The van der Waals surface area contributed by atoms with E-state index in [1.54, 1.807) is 29.2 Å². The van der Waals surface area contributed by atoms with E-state index in [1.807, 2.05) is 0 Å². The van der Waals surface area contributed by atoms with Crippen molar-refractivity contribution in [2.45, 2.75) is 12.8 Å². The summed E-state index contributed by atoms with van der Waals surface area (Å²) >= 11 is 0. The third kappa shape index (κ3) is 4.79. The second-order valence-electron chi connectivity index (χ2n) is 5.11. The minimum Gasteiger partial charge on any atom is -0.452 e. The van der Waals surface area contributed by atoms with Crippen molar-refractivity contribution in [3.63, 3.8) is 0 Å². The summed E-state index contributed by atoms with van der Waals surface area (Å²) < 4.78 is 9.73. The molecule has 0 bridgehead atoms. The fourth-order valence-electron chi connectivity index (χ4n) is 2.26. The van der Waals surface area contributed by atoms with Gasteiger partial charge in [0.2, 0.25) is 5.91 Å². The predicted octanol–water partition coefficient (Wildman–Crippen LogP) is 0.733. The van der Waals surface area contributed by atoms with Crippen molar-refractivity contribution in [2.75, 3.05) is 38.3 Å². The first-order valence-electron chi connectivity index (χ1n) is 7.45. The number of benzene rings is 1. The molecule has 1 aliphatic heterocycles. The Hall–Kier alpha value is -2.41. The van der Waals surface area contributed by atoms with Gasteiger partial charge < -0.3 is 19.7 Å². The number of amides is 2. The van der Waals surface area contributed by atoms with Crippen molar-refractivity contribution < 1.29 is 23.9 Å². The summed E-state index contributed by atoms with van der Waals surface area (Å²) in [4.78, 5) is 36.7. The molecule has 7 heteroatoms. The van der Waals surface area contributed by atoms with Crippen LogP contribution in [0.5, 0.6) is 0 Å². The zero-order chi connectivity index (χ0) is 16.7. The van der Waals surface area contributed by atoms with Crippen molar-refractivity contribution >= 4 is 23.5 Å². The van der Waals surface area contributed by atoms with E-state index in [0.29, 0.717) is 31.7 Å². The normalized spacial score (nSPS) is 14.0. The molecule has 0 radical (unpaired) electrons. The van der Waals surface area contributed by atoms with Crippen LogP contribution in [-0.4, -0.2) is 51.2 Å². The van der Waals surface area contributed by atoms with Crippen LogP contribution >= 0.6 is 0 Å². The van der Waals surface area contributed by atoms with Crippen molar-refractivity contribution in [3.8, 4) is 0 Å². The first-order valence-corrected chi connectivity index (χ1v) is 7.45. The lowest BCUT2D eigenvalue weighted by atomic mass is 10.2. The van der Waals surface area contributed by atoms with Gasteiger partial charge in [0, 0.05) is 32.3 Å². The summed E-state index contributed by atoms with van der Waals surface area (Å²) in [6.07, 6.45) is 1.41. The summed E-state index contributed by atoms with van der Waals surface area (Å²) in [7, 11) is 1.53. The summed E-state index contributed by atoms with van der Waals surface area (Å²) in [6, 6.07) is 6.59. The number of methoxy groups -OCH3 is 1. The number of anilines is 1. The largest absolute Gasteiger partial charge is 0.452 e. The van der Waals surface area contributed by atoms with Gasteiger partial charge in [0.05, 0.1) is 12.2 Å². The van der Waals surface area contributed by atoms with E-state index >= 15 is 0 Å². The van der Waals surface area contributed by atoms with Gasteiger partial charge >= 0.3 is 5.97 Å². The summed E-state index contributed by atoms with van der Waals surface area (Å²) in [5, 5.41) is 2.56. The number of rotatable bonds is 7. The minimum absolute atomic E-state index is 0.0908. The number of nitrogens with one attached hydrogen (secondary N) is 1. The van der Waals surface area contributed by atoms with Gasteiger partial charge in [0.1, 0.15) is 0 Å². The lowest BCUT2D eigenvalue weighted by molar-refractivity contribution is -0.124. The zero-order valence-corrected chi connectivity index (χ0v) is 13.0. The molecule has 7 nitrogen and oxygen atoms in total. The molecule has 1 heterocycles. The molecule has 1 N–H and O–H groups in total. The second-order valence-corrected chi connectivity index (χ2v) is 5.11. The molecular weight excluding hydrogens is 300 g/mol. The minimum atomic E-state index is -0.578. The van der Waals surface area contributed by atoms with E-state index in [1.165, 1.54) is 7.11 Å². The molecule has 0 atom stereocenters. The van der Waals surface area contributed by atoms with Gasteiger partial charge in [0.15, 0.2) is 6.61 Å². The van der Waals surface area contributed by atoms with Gasteiger partial charge in [-0.3, -0.25) is 9.59 Å². The predicted molar refractivity (Wildman–Crippen MR) is 83.2 cm³/mol. The van der Waals surface area contributed by atoms with Crippen LogP contribution in [0.25, 0.3) is 0 Å². The number of carbonyl (C=O) groups excluding carboxylic acids is 3. The van der Waals surface area contributed by atoms with Crippen LogP contribution in [0.1, 0.15) is 23.2 Å². The SMILES string of the molecule is COCCNC(=O)COC(=O)c1ccc(N2CCCC2=O)cc1. The van der Waals surface area contributed by atoms with Gasteiger partial charge in [-0.1, -0.05) is 0 Å². The molecule has 0 aromatic heterocycles. The van der Waals surface area contributed by atoms with E-state index < -0.39 is 5.97 Å². The topological polar surface area (TPSA) is 84.9 Å². The maximum absolute atomic E-state index is 11.9.